The highest BCUT2D eigenvalue weighted by Gasteiger charge is 2.37. The first-order valence-corrected chi connectivity index (χ1v) is 10.6. The summed E-state index contributed by atoms with van der Waals surface area (Å²) < 4.78 is 88.0. The molecule has 1 aromatic rings. The van der Waals surface area contributed by atoms with Gasteiger partial charge < -0.3 is 8.85 Å². The van der Waals surface area contributed by atoms with E-state index in [4.69, 9.17) is 8.85 Å². The third-order valence-electron chi connectivity index (χ3n) is 4.45. The first-order chi connectivity index (χ1) is 12.0. The molecule has 0 amide bonds. The summed E-state index contributed by atoms with van der Waals surface area (Å²) in [5.74, 6) is 0. The maximum atomic E-state index is 12.8. The third kappa shape index (κ3) is 6.59. The maximum absolute atomic E-state index is 12.8. The molecule has 0 fully saturated rings. The Morgan fingerprint density at radius 2 is 1.31 bits per heavy atom. The normalized spacial score (nSPS) is 13.3. The van der Waals surface area contributed by atoms with Gasteiger partial charge in [-0.05, 0) is 48.7 Å². The van der Waals surface area contributed by atoms with Crippen LogP contribution in [0.15, 0.2) is 18.2 Å². The molecular formula is C17H24F6O2Si. The molecule has 0 atom stereocenters. The van der Waals surface area contributed by atoms with Gasteiger partial charge in [0.15, 0.2) is 0 Å². The number of rotatable bonds is 9. The summed E-state index contributed by atoms with van der Waals surface area (Å²) in [6.07, 6.45) is -7.52. The van der Waals surface area contributed by atoms with Gasteiger partial charge in [-0.3, -0.25) is 0 Å². The molecule has 0 aliphatic carbocycles. The average Bonchev–Trinajstić information content (AvgIpc) is 2.57. The minimum atomic E-state index is -4.81. The molecule has 0 unspecified atom stereocenters. The molecule has 0 aliphatic heterocycles. The number of unbranched alkanes of at least 4 members (excludes halogenated alkanes) is 2. The highest BCUT2D eigenvalue weighted by molar-refractivity contribution is 6.67. The quantitative estimate of drug-likeness (QED) is 0.278. The zero-order valence-electron chi connectivity index (χ0n) is 15.1. The van der Waals surface area contributed by atoms with E-state index < -0.39 is 32.0 Å². The molecule has 0 radical (unpaired) electrons. The standard InChI is InChI=1S/C17H24F6O2Si/c1-4-26(24-2,25-3)9-7-5-6-8-13-10-14(16(18,19)20)12-15(11-13)17(21,22)23/h10-12H,4-9H2,1-3H3. The highest BCUT2D eigenvalue weighted by atomic mass is 28.4. The lowest BCUT2D eigenvalue weighted by molar-refractivity contribution is -0.143. The predicted octanol–water partition coefficient (Wildman–Crippen LogP) is 6.19. The zero-order valence-corrected chi connectivity index (χ0v) is 16.1. The van der Waals surface area contributed by atoms with Crippen LogP contribution in [0.4, 0.5) is 26.3 Å². The van der Waals surface area contributed by atoms with Gasteiger partial charge in [-0.25, -0.2) is 0 Å². The Morgan fingerprint density at radius 3 is 1.69 bits per heavy atom. The molecule has 0 bridgehead atoms. The van der Waals surface area contributed by atoms with Crippen LogP contribution < -0.4 is 0 Å². The van der Waals surface area contributed by atoms with Crippen LogP contribution in [0.5, 0.6) is 0 Å². The minimum absolute atomic E-state index is 0.0460. The van der Waals surface area contributed by atoms with Crippen molar-refractivity contribution in [3.8, 4) is 0 Å². The first kappa shape index (κ1) is 23.0. The van der Waals surface area contributed by atoms with Crippen LogP contribution in [-0.2, 0) is 27.6 Å². The molecule has 0 heterocycles. The van der Waals surface area contributed by atoms with Crippen molar-refractivity contribution in [1.29, 1.82) is 0 Å². The summed E-state index contributed by atoms with van der Waals surface area (Å²) in [4.78, 5) is 0. The first-order valence-electron chi connectivity index (χ1n) is 8.36. The molecule has 0 N–H and O–H groups in total. The fourth-order valence-corrected chi connectivity index (χ4v) is 5.11. The van der Waals surface area contributed by atoms with Crippen LogP contribution in [0.25, 0.3) is 0 Å². The Hall–Kier alpha value is -1.06. The molecule has 0 spiro atoms. The van der Waals surface area contributed by atoms with E-state index in [1.165, 1.54) is 0 Å². The molecular weight excluding hydrogens is 378 g/mol. The van der Waals surface area contributed by atoms with Crippen LogP contribution >= 0.6 is 0 Å². The van der Waals surface area contributed by atoms with Crippen molar-refractivity contribution < 1.29 is 35.2 Å². The monoisotopic (exact) mass is 402 g/mol. The molecule has 1 aromatic carbocycles. The van der Waals surface area contributed by atoms with E-state index in [0.717, 1.165) is 30.6 Å². The molecule has 9 heteroatoms. The fraction of sp³-hybridized carbons (Fsp3) is 0.647. The molecule has 0 aliphatic rings. The van der Waals surface area contributed by atoms with Crippen molar-refractivity contribution in [2.45, 2.75) is 57.0 Å². The number of aryl methyl sites for hydroxylation is 1. The third-order valence-corrected chi connectivity index (χ3v) is 8.13. The lowest BCUT2D eigenvalue weighted by Gasteiger charge is -2.25. The van der Waals surface area contributed by atoms with Crippen LogP contribution in [-0.4, -0.2) is 22.8 Å². The van der Waals surface area contributed by atoms with E-state index in [-0.39, 0.29) is 18.1 Å². The SMILES string of the molecule is CC[Si](CCCCCc1cc(C(F)(F)F)cc(C(F)(F)F)c1)(OC)OC. The topological polar surface area (TPSA) is 18.5 Å². The maximum Gasteiger partial charge on any atom is 0.416 e. The van der Waals surface area contributed by atoms with E-state index in [1.54, 1.807) is 14.2 Å². The second-order valence-corrected chi connectivity index (χ2v) is 9.99. The van der Waals surface area contributed by atoms with Crippen LogP contribution in [0.3, 0.4) is 0 Å². The van der Waals surface area contributed by atoms with Gasteiger partial charge in [0.1, 0.15) is 0 Å². The van der Waals surface area contributed by atoms with Gasteiger partial charge in [0.2, 0.25) is 0 Å². The number of hydrogen-bond acceptors (Lipinski definition) is 2. The van der Waals surface area contributed by atoms with Crippen LogP contribution in [0.1, 0.15) is 42.9 Å². The summed E-state index contributed by atoms with van der Waals surface area (Å²) in [6.45, 7) is 1.97. The van der Waals surface area contributed by atoms with Crippen LogP contribution in [0, 0.1) is 0 Å². The van der Waals surface area contributed by atoms with Crippen LogP contribution in [0.2, 0.25) is 12.1 Å². The van der Waals surface area contributed by atoms with Gasteiger partial charge in [0, 0.05) is 14.2 Å². The van der Waals surface area contributed by atoms with Crippen molar-refractivity contribution >= 4 is 8.56 Å². The Bertz CT molecular complexity index is 527. The number of halogens is 6. The van der Waals surface area contributed by atoms with Crippen molar-refractivity contribution in [1.82, 2.24) is 0 Å². The molecule has 150 valence electrons. The lowest BCUT2D eigenvalue weighted by Crippen LogP contribution is -2.38. The van der Waals surface area contributed by atoms with E-state index in [0.29, 0.717) is 12.8 Å². The molecule has 2 nitrogen and oxygen atoms in total. The smallest absolute Gasteiger partial charge is 0.398 e. The van der Waals surface area contributed by atoms with Gasteiger partial charge in [-0.2, -0.15) is 26.3 Å². The molecule has 0 saturated carbocycles. The van der Waals surface area contributed by atoms with Crippen molar-refractivity contribution in [2.75, 3.05) is 14.2 Å². The van der Waals surface area contributed by atoms with Gasteiger partial charge in [0.25, 0.3) is 0 Å². The van der Waals surface area contributed by atoms with Gasteiger partial charge in [0.05, 0.1) is 11.1 Å². The number of alkyl halides is 6. The number of hydrogen-bond donors (Lipinski definition) is 0. The van der Waals surface area contributed by atoms with E-state index in [9.17, 15) is 26.3 Å². The van der Waals surface area contributed by atoms with Crippen molar-refractivity contribution in [3.05, 3.63) is 34.9 Å². The summed E-state index contributed by atoms with van der Waals surface area (Å²) in [5.41, 5.74) is -2.48. The molecule has 0 saturated heterocycles. The highest BCUT2D eigenvalue weighted by Crippen LogP contribution is 2.36. The van der Waals surface area contributed by atoms with Gasteiger partial charge in [-0.15, -0.1) is 0 Å². The molecule has 0 aromatic heterocycles. The second kappa shape index (κ2) is 9.23. The summed E-state index contributed by atoms with van der Waals surface area (Å²) >= 11 is 0. The summed E-state index contributed by atoms with van der Waals surface area (Å²) in [7, 11) is 0.984. The van der Waals surface area contributed by atoms with E-state index in [2.05, 4.69) is 0 Å². The zero-order chi connectivity index (χ0) is 20.0. The van der Waals surface area contributed by atoms with Crippen molar-refractivity contribution in [2.24, 2.45) is 0 Å². The number of benzene rings is 1. The minimum Gasteiger partial charge on any atom is -0.398 e. The predicted molar refractivity (Wildman–Crippen MR) is 89.1 cm³/mol. The average molecular weight is 402 g/mol. The van der Waals surface area contributed by atoms with E-state index in [1.807, 2.05) is 6.92 Å². The summed E-state index contributed by atoms with van der Waals surface area (Å²) in [6, 6.07) is 3.27. The molecule has 1 rings (SSSR count). The van der Waals surface area contributed by atoms with Gasteiger partial charge >= 0.3 is 20.9 Å². The Morgan fingerprint density at radius 1 is 0.808 bits per heavy atom. The van der Waals surface area contributed by atoms with Gasteiger partial charge in [-0.1, -0.05) is 19.8 Å². The fourth-order valence-electron chi connectivity index (χ4n) is 2.82. The Balaban J connectivity index is 2.73. The Labute approximate surface area is 150 Å². The lowest BCUT2D eigenvalue weighted by atomic mass is 10.0. The van der Waals surface area contributed by atoms with E-state index >= 15 is 0 Å². The summed E-state index contributed by atoms with van der Waals surface area (Å²) in [5, 5.41) is 0. The second-order valence-electron chi connectivity index (χ2n) is 6.15. The van der Waals surface area contributed by atoms with Crippen molar-refractivity contribution in [3.63, 3.8) is 0 Å². The molecule has 26 heavy (non-hydrogen) atoms. The Kier molecular flexibility index (Phi) is 8.16. The largest absolute Gasteiger partial charge is 0.416 e.